The van der Waals surface area contributed by atoms with Crippen molar-refractivity contribution < 1.29 is 17.9 Å². The Kier molecular flexibility index (Phi) is 4.72. The highest BCUT2D eigenvalue weighted by Crippen LogP contribution is 2.37. The summed E-state index contributed by atoms with van der Waals surface area (Å²) in [5.74, 6) is 0.331. The topological polar surface area (TPSA) is 75.7 Å². The quantitative estimate of drug-likeness (QED) is 0.648. The van der Waals surface area contributed by atoms with Crippen molar-refractivity contribution in [3.63, 3.8) is 0 Å². The molecule has 0 saturated carbocycles. The first-order valence-corrected chi connectivity index (χ1v) is 10.6. The molecule has 1 aliphatic heterocycles. The molecule has 0 aliphatic carbocycles. The monoisotopic (exact) mass is 428 g/mol. The molecule has 4 rings (SSSR count). The molecule has 0 unspecified atom stereocenters. The van der Waals surface area contributed by atoms with Crippen LogP contribution < -0.4 is 14.4 Å². The maximum absolute atomic E-state index is 13.1. The van der Waals surface area contributed by atoms with Crippen molar-refractivity contribution in [2.24, 2.45) is 0 Å². The molecular weight excluding hydrogens is 412 g/mol. The predicted octanol–water partition coefficient (Wildman–Crippen LogP) is 4.83. The number of amides is 1. The summed E-state index contributed by atoms with van der Waals surface area (Å²) in [6.45, 7) is 1.90. The van der Waals surface area contributed by atoms with Gasteiger partial charge in [-0.25, -0.2) is 8.42 Å². The summed E-state index contributed by atoms with van der Waals surface area (Å²) >= 11 is 6.15. The lowest BCUT2D eigenvalue weighted by molar-refractivity contribution is 0.102. The summed E-state index contributed by atoms with van der Waals surface area (Å²) in [4.78, 5) is 12.7. The van der Waals surface area contributed by atoms with Crippen LogP contribution in [0.2, 0.25) is 5.02 Å². The van der Waals surface area contributed by atoms with E-state index in [1.807, 2.05) is 13.0 Å². The molecule has 1 N–H and O–H groups in total. The minimum Gasteiger partial charge on any atom is -0.454 e. The lowest BCUT2D eigenvalue weighted by Crippen LogP contribution is -2.27. The highest BCUT2D eigenvalue weighted by molar-refractivity contribution is 7.92. The number of fused-ring (bicyclic) bond motifs is 2. The summed E-state index contributed by atoms with van der Waals surface area (Å²) in [6.07, 6.45) is 0. The standard InChI is InChI=1S/C21H17ClN2O4S/c1-13-7-9-20-17(11-13)23-21(25)15-12-14(8-10-19(15)28-20)29(26,27)24(2)18-6-4-3-5-16(18)22/h3-12H,1-2H3,(H,23,25). The van der Waals surface area contributed by atoms with Crippen LogP contribution in [0.5, 0.6) is 11.5 Å². The van der Waals surface area contributed by atoms with Gasteiger partial charge in [0, 0.05) is 7.05 Å². The highest BCUT2D eigenvalue weighted by Gasteiger charge is 2.27. The summed E-state index contributed by atoms with van der Waals surface area (Å²) in [6, 6.07) is 16.3. The molecule has 1 amide bonds. The fourth-order valence-corrected chi connectivity index (χ4v) is 4.62. The van der Waals surface area contributed by atoms with Gasteiger partial charge in [0.05, 0.1) is 26.9 Å². The van der Waals surface area contributed by atoms with Crippen LogP contribution in [0.4, 0.5) is 11.4 Å². The number of rotatable bonds is 3. The zero-order valence-corrected chi connectivity index (χ0v) is 17.2. The average Bonchev–Trinajstić information content (AvgIpc) is 2.83. The predicted molar refractivity (Wildman–Crippen MR) is 113 cm³/mol. The van der Waals surface area contributed by atoms with Crippen LogP contribution in [0, 0.1) is 6.92 Å². The molecule has 0 aromatic heterocycles. The molecule has 1 aliphatic rings. The zero-order valence-electron chi connectivity index (χ0n) is 15.6. The number of benzene rings is 3. The molecule has 0 fully saturated rings. The van der Waals surface area contributed by atoms with Gasteiger partial charge in [0.1, 0.15) is 5.75 Å². The van der Waals surface area contributed by atoms with Crippen molar-refractivity contribution in [1.82, 2.24) is 0 Å². The van der Waals surface area contributed by atoms with Crippen LogP contribution in [0.25, 0.3) is 0 Å². The molecule has 0 bridgehead atoms. The van der Waals surface area contributed by atoms with Crippen LogP contribution >= 0.6 is 11.6 Å². The van der Waals surface area contributed by atoms with E-state index in [-0.39, 0.29) is 16.2 Å². The third-order valence-electron chi connectivity index (χ3n) is 4.65. The molecule has 1 heterocycles. The third kappa shape index (κ3) is 3.43. The molecule has 3 aromatic carbocycles. The molecule has 0 atom stereocenters. The van der Waals surface area contributed by atoms with Crippen molar-refractivity contribution in [2.75, 3.05) is 16.7 Å². The molecule has 0 radical (unpaired) electrons. The fraction of sp³-hybridized carbons (Fsp3) is 0.0952. The Hall–Kier alpha value is -3.03. The SMILES string of the molecule is Cc1ccc2c(c1)NC(=O)c1cc(S(=O)(=O)N(C)c3ccccc3Cl)ccc1O2. The van der Waals surface area contributed by atoms with Gasteiger partial charge in [-0.15, -0.1) is 0 Å². The summed E-state index contributed by atoms with van der Waals surface area (Å²) in [5, 5.41) is 3.08. The minimum absolute atomic E-state index is 0.0421. The number of carbonyl (C=O) groups excluding carboxylic acids is 1. The first-order valence-electron chi connectivity index (χ1n) is 8.75. The zero-order chi connectivity index (χ0) is 20.8. The molecule has 3 aromatic rings. The van der Waals surface area contributed by atoms with Gasteiger partial charge in [0.2, 0.25) is 0 Å². The first-order chi connectivity index (χ1) is 13.8. The van der Waals surface area contributed by atoms with Crippen LogP contribution in [-0.4, -0.2) is 21.4 Å². The van der Waals surface area contributed by atoms with E-state index in [4.69, 9.17) is 16.3 Å². The fourth-order valence-electron chi connectivity index (χ4n) is 3.07. The van der Waals surface area contributed by atoms with Gasteiger partial charge in [0.15, 0.2) is 5.75 Å². The van der Waals surface area contributed by atoms with Crippen LogP contribution in [0.1, 0.15) is 15.9 Å². The third-order valence-corrected chi connectivity index (χ3v) is 6.74. The smallest absolute Gasteiger partial charge is 0.264 e. The summed E-state index contributed by atoms with van der Waals surface area (Å²) in [7, 11) is -2.53. The normalized spacial score (nSPS) is 12.9. The number of carbonyl (C=O) groups is 1. The Bertz CT molecular complexity index is 1240. The van der Waals surface area contributed by atoms with Gasteiger partial charge in [-0.1, -0.05) is 29.8 Å². The number of nitrogens with zero attached hydrogens (tertiary/aromatic N) is 1. The number of halogens is 1. The second-order valence-corrected chi connectivity index (χ2v) is 9.01. The van der Waals surface area contributed by atoms with E-state index in [2.05, 4.69) is 5.32 Å². The number of sulfonamides is 1. The highest BCUT2D eigenvalue weighted by atomic mass is 35.5. The Morgan fingerprint density at radius 1 is 1.00 bits per heavy atom. The lowest BCUT2D eigenvalue weighted by Gasteiger charge is -2.21. The summed E-state index contributed by atoms with van der Waals surface area (Å²) < 4.78 is 33.2. The molecule has 29 heavy (non-hydrogen) atoms. The maximum atomic E-state index is 13.1. The van der Waals surface area contributed by atoms with E-state index in [1.54, 1.807) is 36.4 Å². The van der Waals surface area contributed by atoms with Gasteiger partial charge >= 0.3 is 0 Å². The Morgan fingerprint density at radius 2 is 1.72 bits per heavy atom. The van der Waals surface area contributed by atoms with Crippen molar-refractivity contribution >= 4 is 38.9 Å². The second kappa shape index (κ2) is 7.09. The van der Waals surface area contributed by atoms with Crippen LogP contribution in [0.15, 0.2) is 65.6 Å². The number of hydrogen-bond donors (Lipinski definition) is 1. The van der Waals surface area contributed by atoms with Crippen molar-refractivity contribution in [3.05, 3.63) is 76.8 Å². The van der Waals surface area contributed by atoms with Crippen LogP contribution in [0.3, 0.4) is 0 Å². The van der Waals surface area contributed by atoms with Gasteiger partial charge < -0.3 is 10.1 Å². The molecule has 6 nitrogen and oxygen atoms in total. The van der Waals surface area contributed by atoms with Gasteiger partial charge in [-0.05, 0) is 55.0 Å². The van der Waals surface area contributed by atoms with Gasteiger partial charge in [0.25, 0.3) is 15.9 Å². The number of para-hydroxylation sites is 1. The Morgan fingerprint density at radius 3 is 2.48 bits per heavy atom. The largest absolute Gasteiger partial charge is 0.454 e. The van der Waals surface area contributed by atoms with Crippen LogP contribution in [-0.2, 0) is 10.0 Å². The van der Waals surface area contributed by atoms with E-state index in [0.717, 1.165) is 9.87 Å². The van der Waals surface area contributed by atoms with Crippen molar-refractivity contribution in [2.45, 2.75) is 11.8 Å². The van der Waals surface area contributed by atoms with E-state index in [1.165, 1.54) is 25.2 Å². The number of ether oxygens (including phenoxy) is 1. The first kappa shape index (κ1) is 19.3. The minimum atomic E-state index is -3.94. The molecule has 0 spiro atoms. The van der Waals surface area contributed by atoms with E-state index >= 15 is 0 Å². The number of anilines is 2. The lowest BCUT2D eigenvalue weighted by atomic mass is 10.2. The number of aryl methyl sites for hydroxylation is 1. The van der Waals surface area contributed by atoms with Crippen molar-refractivity contribution in [1.29, 1.82) is 0 Å². The molecule has 148 valence electrons. The number of hydrogen-bond acceptors (Lipinski definition) is 4. The van der Waals surface area contributed by atoms with E-state index in [9.17, 15) is 13.2 Å². The van der Waals surface area contributed by atoms with Gasteiger partial charge in [-0.2, -0.15) is 0 Å². The Balaban J connectivity index is 1.76. The van der Waals surface area contributed by atoms with Gasteiger partial charge in [-0.3, -0.25) is 9.10 Å². The average molecular weight is 429 g/mol. The Labute approximate surface area is 173 Å². The van der Waals surface area contributed by atoms with E-state index < -0.39 is 15.9 Å². The second-order valence-electron chi connectivity index (χ2n) is 6.64. The molecule has 0 saturated heterocycles. The maximum Gasteiger partial charge on any atom is 0.264 e. The van der Waals surface area contributed by atoms with E-state index in [0.29, 0.717) is 22.1 Å². The van der Waals surface area contributed by atoms with Crippen molar-refractivity contribution in [3.8, 4) is 11.5 Å². The number of nitrogens with one attached hydrogen (secondary N) is 1. The molecular formula is C21H17ClN2O4S. The summed E-state index contributed by atoms with van der Waals surface area (Å²) in [5.41, 5.74) is 1.97. The molecule has 8 heteroatoms.